The lowest BCUT2D eigenvalue weighted by Gasteiger charge is -2.04. The first-order valence-electron chi connectivity index (χ1n) is 8.53. The summed E-state index contributed by atoms with van der Waals surface area (Å²) in [5.41, 5.74) is 2.41. The van der Waals surface area contributed by atoms with Gasteiger partial charge in [-0.05, 0) is 41.2 Å². The average Bonchev–Trinajstić information content (AvgIpc) is 2.94. The Morgan fingerprint density at radius 1 is 1.07 bits per heavy atom. The maximum atomic E-state index is 13.4. The predicted octanol–water partition coefficient (Wildman–Crippen LogP) is 4.04. The summed E-state index contributed by atoms with van der Waals surface area (Å²) < 4.78 is 41.7. The Morgan fingerprint density at radius 2 is 1.78 bits per heavy atom. The van der Waals surface area contributed by atoms with Gasteiger partial charge in [0.15, 0.2) is 5.76 Å². The number of nitrogens with two attached hydrogens (primary N) is 1. The average molecular weight is 386 g/mol. The molecule has 1 saturated carbocycles. The summed E-state index contributed by atoms with van der Waals surface area (Å²) in [5.74, 6) is 0.502. The van der Waals surface area contributed by atoms with Gasteiger partial charge in [-0.15, -0.1) is 0 Å². The van der Waals surface area contributed by atoms with Gasteiger partial charge in [0.2, 0.25) is 10.0 Å². The van der Waals surface area contributed by atoms with Crippen LogP contribution in [0.1, 0.15) is 36.9 Å². The van der Waals surface area contributed by atoms with Crippen LogP contribution in [0.25, 0.3) is 11.3 Å². The predicted molar refractivity (Wildman–Crippen MR) is 99.0 cm³/mol. The van der Waals surface area contributed by atoms with E-state index in [0.29, 0.717) is 11.3 Å². The first-order valence-corrected chi connectivity index (χ1v) is 10.1. The highest BCUT2D eigenvalue weighted by Gasteiger charge is 2.60. The normalized spacial score (nSPS) is 21.2. The van der Waals surface area contributed by atoms with Gasteiger partial charge in [0.1, 0.15) is 5.82 Å². The molecule has 27 heavy (non-hydrogen) atoms. The first kappa shape index (κ1) is 17.9. The van der Waals surface area contributed by atoms with Crippen LogP contribution in [0, 0.1) is 11.2 Å². The van der Waals surface area contributed by atoms with Gasteiger partial charge in [-0.1, -0.05) is 43.3 Å². The highest BCUT2D eigenvalue weighted by atomic mass is 32.2. The Labute approximate surface area is 157 Å². The van der Waals surface area contributed by atoms with E-state index in [0.717, 1.165) is 11.3 Å². The molecule has 0 amide bonds. The topological polar surface area (TPSA) is 86.2 Å². The van der Waals surface area contributed by atoms with E-state index in [1.807, 2.05) is 6.07 Å². The molecule has 0 radical (unpaired) electrons. The van der Waals surface area contributed by atoms with E-state index in [1.165, 1.54) is 24.3 Å². The van der Waals surface area contributed by atoms with Crippen molar-refractivity contribution >= 4 is 10.0 Å². The fraction of sp³-hybridized carbons (Fsp3) is 0.250. The van der Waals surface area contributed by atoms with Crippen molar-refractivity contribution in [1.29, 1.82) is 0 Å². The summed E-state index contributed by atoms with van der Waals surface area (Å²) in [7, 11) is -3.71. The summed E-state index contributed by atoms with van der Waals surface area (Å²) in [4.78, 5) is 0.0936. The van der Waals surface area contributed by atoms with Crippen molar-refractivity contribution in [2.24, 2.45) is 10.6 Å². The highest BCUT2D eigenvalue weighted by Crippen LogP contribution is 2.69. The van der Waals surface area contributed by atoms with E-state index in [-0.39, 0.29) is 28.0 Å². The molecule has 2 aromatic carbocycles. The maximum Gasteiger partial charge on any atom is 0.238 e. The fourth-order valence-electron chi connectivity index (χ4n) is 3.89. The second-order valence-electron chi connectivity index (χ2n) is 7.52. The van der Waals surface area contributed by atoms with Gasteiger partial charge in [0.05, 0.1) is 10.6 Å². The van der Waals surface area contributed by atoms with Crippen LogP contribution < -0.4 is 5.14 Å². The Kier molecular flexibility index (Phi) is 3.98. The van der Waals surface area contributed by atoms with E-state index in [1.54, 1.807) is 24.3 Å². The highest BCUT2D eigenvalue weighted by molar-refractivity contribution is 7.89. The van der Waals surface area contributed by atoms with Crippen molar-refractivity contribution in [2.45, 2.75) is 30.6 Å². The molecule has 0 bridgehead atoms. The van der Waals surface area contributed by atoms with Crippen LogP contribution in [0.4, 0.5) is 4.39 Å². The third-order valence-corrected chi connectivity index (χ3v) is 6.28. The number of benzene rings is 2. The molecule has 3 aromatic rings. The van der Waals surface area contributed by atoms with Gasteiger partial charge in [-0.25, -0.2) is 17.9 Å². The number of nitrogens with zero attached hydrogens (tertiary/aromatic N) is 1. The first-order chi connectivity index (χ1) is 12.7. The second kappa shape index (κ2) is 6.00. The van der Waals surface area contributed by atoms with Crippen molar-refractivity contribution in [3.05, 3.63) is 71.7 Å². The molecule has 2 N–H and O–H groups in total. The monoisotopic (exact) mass is 386 g/mol. The Hall–Kier alpha value is -2.51. The van der Waals surface area contributed by atoms with Crippen LogP contribution in [0.3, 0.4) is 0 Å². The van der Waals surface area contributed by atoms with Crippen LogP contribution in [0.2, 0.25) is 0 Å². The third kappa shape index (κ3) is 3.17. The quantitative estimate of drug-likeness (QED) is 0.733. The Balaban J connectivity index is 1.62. The molecule has 2 atom stereocenters. The molecule has 1 aliphatic rings. The fourth-order valence-corrected chi connectivity index (χ4v) is 4.41. The Bertz CT molecular complexity index is 1100. The van der Waals surface area contributed by atoms with Crippen LogP contribution in [-0.2, 0) is 10.0 Å². The molecular formula is C20H19FN2O3S. The van der Waals surface area contributed by atoms with E-state index in [9.17, 15) is 12.8 Å². The summed E-state index contributed by atoms with van der Waals surface area (Å²) in [6, 6.07) is 14.7. The number of hydrogen-bond acceptors (Lipinski definition) is 4. The van der Waals surface area contributed by atoms with Crippen molar-refractivity contribution in [3.8, 4) is 11.3 Å². The van der Waals surface area contributed by atoms with Gasteiger partial charge in [0, 0.05) is 17.5 Å². The maximum absolute atomic E-state index is 13.4. The van der Waals surface area contributed by atoms with Crippen molar-refractivity contribution in [1.82, 2.24) is 5.16 Å². The molecule has 0 aliphatic heterocycles. The molecule has 0 unspecified atom stereocenters. The molecule has 0 spiro atoms. The summed E-state index contributed by atoms with van der Waals surface area (Å²) in [6.45, 7) is 4.26. The zero-order valence-electron chi connectivity index (χ0n) is 14.9. The zero-order chi connectivity index (χ0) is 19.4. The molecule has 1 fully saturated rings. The molecule has 1 heterocycles. The Morgan fingerprint density at radius 3 is 2.41 bits per heavy atom. The van der Waals surface area contributed by atoms with E-state index >= 15 is 0 Å². The minimum absolute atomic E-state index is 0.0564. The lowest BCUT2D eigenvalue weighted by molar-refractivity contribution is 0.420. The zero-order valence-corrected chi connectivity index (χ0v) is 15.7. The largest absolute Gasteiger partial charge is 0.356 e. The van der Waals surface area contributed by atoms with Crippen molar-refractivity contribution < 1.29 is 17.3 Å². The molecule has 4 rings (SSSR count). The van der Waals surface area contributed by atoms with Gasteiger partial charge in [-0.3, -0.25) is 0 Å². The van der Waals surface area contributed by atoms with Gasteiger partial charge in [-0.2, -0.15) is 0 Å². The van der Waals surface area contributed by atoms with Crippen LogP contribution in [0.15, 0.2) is 64.0 Å². The minimum atomic E-state index is -3.71. The van der Waals surface area contributed by atoms with E-state index in [4.69, 9.17) is 9.66 Å². The van der Waals surface area contributed by atoms with E-state index in [2.05, 4.69) is 19.0 Å². The van der Waals surface area contributed by atoms with Gasteiger partial charge >= 0.3 is 0 Å². The standard InChI is InChI=1S/C20H19FN2O3S/c1-20(2)18(12-6-8-15(9-7-12)27(22,24)25)19(20)16-11-17(26-23-16)13-4-3-5-14(21)10-13/h3-11,18-19H,1-2H3,(H2,22,24,25)/t18-,19-/m1/s1. The van der Waals surface area contributed by atoms with Crippen molar-refractivity contribution in [2.75, 3.05) is 0 Å². The number of rotatable bonds is 4. The molecule has 0 saturated heterocycles. The number of sulfonamides is 1. The van der Waals surface area contributed by atoms with Gasteiger partial charge in [0.25, 0.3) is 0 Å². The molecule has 1 aliphatic carbocycles. The number of aromatic nitrogens is 1. The molecule has 140 valence electrons. The smallest absolute Gasteiger partial charge is 0.238 e. The van der Waals surface area contributed by atoms with Crippen LogP contribution >= 0.6 is 0 Å². The number of hydrogen-bond donors (Lipinski definition) is 1. The molecule has 5 nitrogen and oxygen atoms in total. The molecular weight excluding hydrogens is 367 g/mol. The van der Waals surface area contributed by atoms with E-state index < -0.39 is 10.0 Å². The van der Waals surface area contributed by atoms with Crippen LogP contribution in [-0.4, -0.2) is 13.6 Å². The summed E-state index contributed by atoms with van der Waals surface area (Å²) in [5, 5.41) is 9.36. The molecule has 1 aromatic heterocycles. The SMILES string of the molecule is CC1(C)[C@H](c2ccc(S(N)(=O)=O)cc2)[C@H]1c1cc(-c2cccc(F)c2)on1. The summed E-state index contributed by atoms with van der Waals surface area (Å²) in [6.07, 6.45) is 0. The van der Waals surface area contributed by atoms with Crippen LogP contribution in [0.5, 0.6) is 0 Å². The second-order valence-corrected chi connectivity index (χ2v) is 9.08. The number of primary sulfonamides is 1. The number of halogens is 1. The molecule has 7 heteroatoms. The lowest BCUT2D eigenvalue weighted by Crippen LogP contribution is -2.11. The lowest BCUT2D eigenvalue weighted by atomic mass is 10.0. The van der Waals surface area contributed by atoms with Crippen molar-refractivity contribution in [3.63, 3.8) is 0 Å². The third-order valence-electron chi connectivity index (χ3n) is 5.35. The summed E-state index contributed by atoms with van der Waals surface area (Å²) >= 11 is 0. The van der Waals surface area contributed by atoms with Gasteiger partial charge < -0.3 is 4.52 Å². The minimum Gasteiger partial charge on any atom is -0.356 e.